The number of ether oxygens (including phenoxy) is 1. The zero-order chi connectivity index (χ0) is 16.8. The summed E-state index contributed by atoms with van der Waals surface area (Å²) in [5, 5.41) is 9.99. The second kappa shape index (κ2) is 7.67. The Labute approximate surface area is 144 Å². The minimum atomic E-state index is -0.0607. The van der Waals surface area contributed by atoms with Crippen LogP contribution in [0.25, 0.3) is 0 Å². The molecule has 1 aliphatic heterocycles. The largest absolute Gasteiger partial charge is 0.381 e. The topological polar surface area (TPSA) is 106 Å². The second-order valence-electron chi connectivity index (χ2n) is 5.83. The van der Waals surface area contributed by atoms with Crippen molar-refractivity contribution in [2.45, 2.75) is 23.4 Å². The van der Waals surface area contributed by atoms with Gasteiger partial charge in [-0.25, -0.2) is 5.10 Å². The number of hydrogen-bond acceptors (Lipinski definition) is 6. The van der Waals surface area contributed by atoms with Gasteiger partial charge in [0.2, 0.25) is 17.0 Å². The summed E-state index contributed by atoms with van der Waals surface area (Å²) in [6.45, 7) is 2.04. The fourth-order valence-electron chi connectivity index (χ4n) is 2.89. The molecule has 1 aromatic heterocycles. The summed E-state index contributed by atoms with van der Waals surface area (Å²) >= 11 is 1.26. The van der Waals surface area contributed by atoms with Crippen molar-refractivity contribution in [2.75, 3.05) is 31.2 Å². The Kier molecular flexibility index (Phi) is 5.37. The summed E-state index contributed by atoms with van der Waals surface area (Å²) in [6, 6.07) is 10.3. The van der Waals surface area contributed by atoms with Gasteiger partial charge in [0, 0.05) is 25.2 Å². The van der Waals surface area contributed by atoms with Crippen molar-refractivity contribution in [2.24, 2.45) is 0 Å². The average Bonchev–Trinajstić information content (AvgIpc) is 3.05. The molecule has 0 saturated carbocycles. The van der Waals surface area contributed by atoms with Gasteiger partial charge in [-0.15, -0.1) is 5.10 Å². The number of thioether (sulfide) groups is 1. The normalized spacial score (nSPS) is 16.7. The third-order valence-electron chi connectivity index (χ3n) is 4.27. The van der Waals surface area contributed by atoms with Crippen molar-refractivity contribution < 1.29 is 9.53 Å². The standard InChI is InChI=1S/C16H21N5O2S/c17-14-19-15(21-20-14)24-10-13(22)18-11-16(6-8-23-9-7-16)12-4-2-1-3-5-12/h1-5H,6-11H2,(H,18,22)(H3,17,19,20,21). The highest BCUT2D eigenvalue weighted by Crippen LogP contribution is 2.34. The molecule has 1 fully saturated rings. The molecule has 3 rings (SSSR count). The molecule has 4 N–H and O–H groups in total. The van der Waals surface area contributed by atoms with E-state index in [2.05, 4.69) is 32.6 Å². The summed E-state index contributed by atoms with van der Waals surface area (Å²) in [5.74, 6) is 0.479. The number of nitrogens with one attached hydrogen (secondary N) is 2. The van der Waals surface area contributed by atoms with Crippen LogP contribution in [0.1, 0.15) is 18.4 Å². The number of aromatic amines is 1. The molecule has 2 aromatic rings. The maximum atomic E-state index is 12.2. The molecule has 1 saturated heterocycles. The van der Waals surface area contributed by atoms with Crippen molar-refractivity contribution in [3.8, 4) is 0 Å². The lowest BCUT2D eigenvalue weighted by molar-refractivity contribution is -0.119. The number of H-pyrrole nitrogens is 1. The summed E-state index contributed by atoms with van der Waals surface area (Å²) < 4.78 is 5.51. The Bertz CT molecular complexity index is 670. The number of rotatable bonds is 6. The monoisotopic (exact) mass is 347 g/mol. The van der Waals surface area contributed by atoms with E-state index in [1.807, 2.05) is 18.2 Å². The summed E-state index contributed by atoms with van der Waals surface area (Å²) in [6.07, 6.45) is 1.81. The number of nitrogens with two attached hydrogens (primary N) is 1. The van der Waals surface area contributed by atoms with Crippen LogP contribution in [0.15, 0.2) is 35.5 Å². The molecule has 24 heavy (non-hydrogen) atoms. The zero-order valence-electron chi connectivity index (χ0n) is 13.3. The van der Waals surface area contributed by atoms with Gasteiger partial charge in [-0.05, 0) is 18.4 Å². The van der Waals surface area contributed by atoms with Crippen LogP contribution in [-0.4, -0.2) is 46.6 Å². The van der Waals surface area contributed by atoms with Crippen LogP contribution in [0.3, 0.4) is 0 Å². The van der Waals surface area contributed by atoms with Gasteiger partial charge in [-0.1, -0.05) is 42.1 Å². The predicted molar refractivity (Wildman–Crippen MR) is 92.7 cm³/mol. The van der Waals surface area contributed by atoms with Crippen molar-refractivity contribution in [1.29, 1.82) is 0 Å². The van der Waals surface area contributed by atoms with E-state index in [1.54, 1.807) is 0 Å². The van der Waals surface area contributed by atoms with Crippen LogP contribution < -0.4 is 11.1 Å². The van der Waals surface area contributed by atoms with E-state index in [0.29, 0.717) is 11.7 Å². The van der Waals surface area contributed by atoms with Crippen molar-refractivity contribution in [3.05, 3.63) is 35.9 Å². The number of nitrogens with zero attached hydrogens (tertiary/aromatic N) is 2. The number of hydrogen-bond donors (Lipinski definition) is 3. The summed E-state index contributed by atoms with van der Waals surface area (Å²) in [4.78, 5) is 16.2. The van der Waals surface area contributed by atoms with E-state index in [9.17, 15) is 4.79 Å². The molecule has 0 atom stereocenters. The smallest absolute Gasteiger partial charge is 0.230 e. The summed E-state index contributed by atoms with van der Waals surface area (Å²) in [7, 11) is 0. The lowest BCUT2D eigenvalue weighted by Crippen LogP contribution is -2.45. The zero-order valence-corrected chi connectivity index (χ0v) is 14.1. The van der Waals surface area contributed by atoms with Crippen LogP contribution in [0.5, 0.6) is 0 Å². The Balaban J connectivity index is 1.58. The van der Waals surface area contributed by atoms with Crippen LogP contribution in [-0.2, 0) is 14.9 Å². The molecule has 0 bridgehead atoms. The Hall–Kier alpha value is -2.06. The lowest BCUT2D eigenvalue weighted by atomic mass is 9.74. The van der Waals surface area contributed by atoms with Crippen LogP contribution in [0, 0.1) is 0 Å². The van der Waals surface area contributed by atoms with Crippen LogP contribution in [0.2, 0.25) is 0 Å². The van der Waals surface area contributed by atoms with Gasteiger partial charge in [0.05, 0.1) is 5.75 Å². The van der Waals surface area contributed by atoms with Gasteiger partial charge in [-0.3, -0.25) is 4.79 Å². The minimum Gasteiger partial charge on any atom is -0.381 e. The molecule has 1 aromatic carbocycles. The first-order valence-electron chi connectivity index (χ1n) is 7.89. The first-order valence-corrected chi connectivity index (χ1v) is 8.87. The number of nitrogen functional groups attached to an aromatic ring is 1. The van der Waals surface area contributed by atoms with E-state index < -0.39 is 0 Å². The molecule has 8 heteroatoms. The molecule has 0 radical (unpaired) electrons. The number of amides is 1. The molecule has 0 unspecified atom stereocenters. The van der Waals surface area contributed by atoms with Crippen molar-refractivity contribution in [1.82, 2.24) is 20.5 Å². The average molecular weight is 347 g/mol. The first-order chi connectivity index (χ1) is 11.7. The van der Waals surface area contributed by atoms with Gasteiger partial charge >= 0.3 is 0 Å². The maximum absolute atomic E-state index is 12.2. The fraction of sp³-hybridized carbons (Fsp3) is 0.438. The molecule has 2 heterocycles. The van der Waals surface area contributed by atoms with E-state index >= 15 is 0 Å². The second-order valence-corrected chi connectivity index (χ2v) is 6.77. The molecule has 0 spiro atoms. The molecule has 0 aliphatic carbocycles. The third kappa shape index (κ3) is 4.07. The summed E-state index contributed by atoms with van der Waals surface area (Å²) in [5.41, 5.74) is 6.66. The lowest BCUT2D eigenvalue weighted by Gasteiger charge is -2.38. The first kappa shape index (κ1) is 16.8. The SMILES string of the molecule is Nc1nc(SCC(=O)NCC2(c3ccccc3)CCOCC2)n[nH]1. The quantitative estimate of drug-likeness (QED) is 0.681. The molecule has 128 valence electrons. The van der Waals surface area contributed by atoms with Gasteiger partial charge < -0.3 is 15.8 Å². The van der Waals surface area contributed by atoms with E-state index in [-0.39, 0.29) is 23.0 Å². The fourth-order valence-corrected chi connectivity index (χ4v) is 3.53. The van der Waals surface area contributed by atoms with Crippen LogP contribution in [0.4, 0.5) is 5.95 Å². The predicted octanol–water partition coefficient (Wildman–Crippen LogP) is 1.34. The van der Waals surface area contributed by atoms with Crippen LogP contribution >= 0.6 is 11.8 Å². The van der Waals surface area contributed by atoms with Gasteiger partial charge in [0.15, 0.2) is 0 Å². The van der Waals surface area contributed by atoms with E-state index in [1.165, 1.54) is 17.3 Å². The van der Waals surface area contributed by atoms with E-state index in [4.69, 9.17) is 10.5 Å². The Morgan fingerprint density at radius 1 is 1.33 bits per heavy atom. The molecular formula is C16H21N5O2S. The molecule has 7 nitrogen and oxygen atoms in total. The van der Waals surface area contributed by atoms with Gasteiger partial charge in [-0.2, -0.15) is 4.98 Å². The van der Waals surface area contributed by atoms with E-state index in [0.717, 1.165) is 26.1 Å². The number of benzene rings is 1. The number of carbonyl (C=O) groups excluding carboxylic acids is 1. The molecule has 1 aliphatic rings. The number of anilines is 1. The molecular weight excluding hydrogens is 326 g/mol. The minimum absolute atomic E-state index is 0.0369. The Morgan fingerprint density at radius 3 is 2.75 bits per heavy atom. The van der Waals surface area contributed by atoms with Gasteiger partial charge in [0.1, 0.15) is 0 Å². The highest BCUT2D eigenvalue weighted by atomic mass is 32.2. The highest BCUT2D eigenvalue weighted by Gasteiger charge is 2.34. The highest BCUT2D eigenvalue weighted by molar-refractivity contribution is 7.99. The molecule has 1 amide bonds. The number of aromatic nitrogens is 3. The van der Waals surface area contributed by atoms with Crippen molar-refractivity contribution in [3.63, 3.8) is 0 Å². The number of carbonyl (C=O) groups is 1. The third-order valence-corrected chi connectivity index (χ3v) is 5.12. The van der Waals surface area contributed by atoms with Gasteiger partial charge in [0.25, 0.3) is 0 Å². The Morgan fingerprint density at radius 2 is 2.08 bits per heavy atom. The maximum Gasteiger partial charge on any atom is 0.230 e. The van der Waals surface area contributed by atoms with Crippen molar-refractivity contribution >= 4 is 23.6 Å².